The zero-order valence-corrected chi connectivity index (χ0v) is 12.7. The highest BCUT2D eigenvalue weighted by atomic mass is 79.9. The maximum Gasteiger partial charge on any atom is 0.273 e. The lowest BCUT2D eigenvalue weighted by Crippen LogP contribution is -1.99. The molecule has 7 heteroatoms. The van der Waals surface area contributed by atoms with E-state index in [9.17, 15) is 10.1 Å². The molecule has 20 heavy (non-hydrogen) atoms. The Morgan fingerprint density at radius 1 is 1.45 bits per heavy atom. The summed E-state index contributed by atoms with van der Waals surface area (Å²) in [6.07, 6.45) is 3.41. The first-order valence-corrected chi connectivity index (χ1v) is 7.18. The van der Waals surface area contributed by atoms with Gasteiger partial charge in [-0.15, -0.1) is 0 Å². The van der Waals surface area contributed by atoms with E-state index in [1.54, 1.807) is 29.2 Å². The van der Waals surface area contributed by atoms with Crippen LogP contribution in [0.4, 0.5) is 5.69 Å². The van der Waals surface area contributed by atoms with Gasteiger partial charge in [0.2, 0.25) is 0 Å². The first kappa shape index (κ1) is 14.5. The van der Waals surface area contributed by atoms with Gasteiger partial charge in [-0.2, -0.15) is 5.10 Å². The number of ether oxygens (including phenoxy) is 1. The van der Waals surface area contributed by atoms with Crippen LogP contribution in [0.15, 0.2) is 30.6 Å². The van der Waals surface area contributed by atoms with Gasteiger partial charge in [-0.05, 0) is 26.0 Å². The molecule has 0 fully saturated rings. The van der Waals surface area contributed by atoms with Crippen LogP contribution >= 0.6 is 15.9 Å². The zero-order valence-electron chi connectivity index (χ0n) is 11.1. The van der Waals surface area contributed by atoms with Gasteiger partial charge in [0.25, 0.3) is 5.69 Å². The van der Waals surface area contributed by atoms with Gasteiger partial charge in [-0.1, -0.05) is 15.9 Å². The number of hydrogen-bond donors (Lipinski definition) is 0. The van der Waals surface area contributed by atoms with Crippen molar-refractivity contribution in [1.29, 1.82) is 0 Å². The molecule has 0 atom stereocenters. The summed E-state index contributed by atoms with van der Waals surface area (Å²) >= 11 is 3.24. The molecule has 6 nitrogen and oxygen atoms in total. The Labute approximate surface area is 124 Å². The Morgan fingerprint density at radius 2 is 2.20 bits per heavy atom. The van der Waals surface area contributed by atoms with E-state index in [0.29, 0.717) is 22.4 Å². The molecule has 106 valence electrons. The van der Waals surface area contributed by atoms with Crippen LogP contribution in [0.2, 0.25) is 0 Å². The molecule has 0 bridgehead atoms. The summed E-state index contributed by atoms with van der Waals surface area (Å²) in [5.41, 5.74) is 0.649. The number of rotatable bonds is 5. The molecule has 1 heterocycles. The largest absolute Gasteiger partial charge is 0.454 e. The van der Waals surface area contributed by atoms with Gasteiger partial charge >= 0.3 is 0 Å². The molecule has 0 saturated heterocycles. The quantitative estimate of drug-likeness (QED) is 0.468. The second-order valence-corrected chi connectivity index (χ2v) is 5.09. The summed E-state index contributed by atoms with van der Waals surface area (Å²) in [4.78, 5) is 10.5. The summed E-state index contributed by atoms with van der Waals surface area (Å²) in [6.45, 7) is 4.04. The van der Waals surface area contributed by atoms with E-state index < -0.39 is 4.92 Å². The Kier molecular flexibility index (Phi) is 4.39. The lowest BCUT2D eigenvalue weighted by atomic mass is 10.2. The van der Waals surface area contributed by atoms with Crippen LogP contribution in [0.3, 0.4) is 0 Å². The topological polar surface area (TPSA) is 70.2 Å². The van der Waals surface area contributed by atoms with Crippen molar-refractivity contribution in [3.05, 3.63) is 46.3 Å². The summed E-state index contributed by atoms with van der Waals surface area (Å²) in [5.74, 6) is 1.15. The molecule has 0 N–H and O–H groups in total. The maximum absolute atomic E-state index is 10.9. The van der Waals surface area contributed by atoms with Gasteiger partial charge in [0.1, 0.15) is 5.75 Å². The number of nitro benzene ring substituents is 1. The normalized spacial score (nSPS) is 10.8. The van der Waals surface area contributed by atoms with Crippen LogP contribution in [-0.2, 0) is 5.33 Å². The highest BCUT2D eigenvalue weighted by molar-refractivity contribution is 9.08. The van der Waals surface area contributed by atoms with Crippen LogP contribution in [-0.4, -0.2) is 14.7 Å². The molecule has 2 aromatic rings. The van der Waals surface area contributed by atoms with Crippen molar-refractivity contribution in [1.82, 2.24) is 9.78 Å². The number of nitro groups is 1. The molecular formula is C13H14BrN3O3. The minimum Gasteiger partial charge on any atom is -0.454 e. The first-order valence-electron chi connectivity index (χ1n) is 6.06. The van der Waals surface area contributed by atoms with Gasteiger partial charge in [-0.3, -0.25) is 14.8 Å². The molecule has 0 radical (unpaired) electrons. The molecule has 0 amide bonds. The van der Waals surface area contributed by atoms with Gasteiger partial charge < -0.3 is 4.74 Å². The molecule has 1 aromatic heterocycles. The van der Waals surface area contributed by atoms with Crippen molar-refractivity contribution in [2.24, 2.45) is 0 Å². The Bertz CT molecular complexity index is 625. The van der Waals surface area contributed by atoms with Gasteiger partial charge in [0.05, 0.1) is 17.3 Å². The lowest BCUT2D eigenvalue weighted by molar-refractivity contribution is -0.385. The maximum atomic E-state index is 10.9. The van der Waals surface area contributed by atoms with E-state index in [0.717, 1.165) is 0 Å². The third-order valence-corrected chi connectivity index (χ3v) is 3.34. The Balaban J connectivity index is 2.22. The highest BCUT2D eigenvalue weighted by Gasteiger charge is 2.14. The Hall–Kier alpha value is -1.89. The van der Waals surface area contributed by atoms with Crippen molar-refractivity contribution in [2.75, 3.05) is 0 Å². The van der Waals surface area contributed by atoms with Gasteiger partial charge in [0, 0.05) is 23.0 Å². The smallest absolute Gasteiger partial charge is 0.273 e. The fourth-order valence-electron chi connectivity index (χ4n) is 1.70. The van der Waals surface area contributed by atoms with Crippen LogP contribution in [0.1, 0.15) is 25.5 Å². The Morgan fingerprint density at radius 3 is 2.75 bits per heavy atom. The molecule has 0 aliphatic rings. The second kappa shape index (κ2) is 6.04. The second-order valence-electron chi connectivity index (χ2n) is 4.53. The molecule has 2 rings (SSSR count). The SMILES string of the molecule is CC(C)n1cc(Oc2ccc([N+](=O)[O-])c(CBr)c2)cn1. The molecule has 0 aliphatic carbocycles. The van der Waals surface area contributed by atoms with Gasteiger partial charge in [0.15, 0.2) is 5.75 Å². The number of nitrogens with zero attached hydrogens (tertiary/aromatic N) is 3. The van der Waals surface area contributed by atoms with Crippen LogP contribution in [0.25, 0.3) is 0 Å². The molecule has 0 saturated carbocycles. The zero-order chi connectivity index (χ0) is 14.7. The molecular weight excluding hydrogens is 326 g/mol. The number of halogens is 1. The van der Waals surface area contributed by atoms with E-state index in [1.165, 1.54) is 6.07 Å². The van der Waals surface area contributed by atoms with E-state index in [2.05, 4.69) is 21.0 Å². The van der Waals surface area contributed by atoms with Crippen molar-refractivity contribution < 1.29 is 9.66 Å². The lowest BCUT2D eigenvalue weighted by Gasteiger charge is -2.06. The molecule has 0 unspecified atom stereocenters. The number of hydrogen-bond acceptors (Lipinski definition) is 4. The number of benzene rings is 1. The highest BCUT2D eigenvalue weighted by Crippen LogP contribution is 2.29. The molecule has 0 spiro atoms. The average Bonchev–Trinajstić information content (AvgIpc) is 2.87. The summed E-state index contributed by atoms with van der Waals surface area (Å²) in [5, 5.41) is 15.4. The summed E-state index contributed by atoms with van der Waals surface area (Å²) in [6, 6.07) is 4.93. The predicted molar refractivity (Wildman–Crippen MR) is 78.4 cm³/mol. The van der Waals surface area contributed by atoms with E-state index in [1.807, 2.05) is 13.8 Å². The first-order chi connectivity index (χ1) is 9.51. The van der Waals surface area contributed by atoms with Gasteiger partial charge in [-0.25, -0.2) is 0 Å². The summed E-state index contributed by atoms with van der Waals surface area (Å²) < 4.78 is 7.44. The van der Waals surface area contributed by atoms with E-state index in [4.69, 9.17) is 4.74 Å². The van der Waals surface area contributed by atoms with E-state index in [-0.39, 0.29) is 11.7 Å². The average molecular weight is 340 g/mol. The van der Waals surface area contributed by atoms with Crippen molar-refractivity contribution in [3.63, 3.8) is 0 Å². The van der Waals surface area contributed by atoms with Crippen LogP contribution in [0, 0.1) is 10.1 Å². The number of alkyl halides is 1. The third kappa shape index (κ3) is 3.16. The van der Waals surface area contributed by atoms with E-state index >= 15 is 0 Å². The van der Waals surface area contributed by atoms with Crippen molar-refractivity contribution in [3.8, 4) is 11.5 Å². The molecule has 0 aliphatic heterocycles. The summed E-state index contributed by atoms with van der Waals surface area (Å²) in [7, 11) is 0. The van der Waals surface area contributed by atoms with Crippen LogP contribution < -0.4 is 4.74 Å². The monoisotopic (exact) mass is 339 g/mol. The van der Waals surface area contributed by atoms with Crippen LogP contribution in [0.5, 0.6) is 11.5 Å². The fourth-order valence-corrected chi connectivity index (χ4v) is 2.15. The van der Waals surface area contributed by atoms with Crippen molar-refractivity contribution >= 4 is 21.6 Å². The minimum absolute atomic E-state index is 0.0760. The molecule has 1 aromatic carbocycles. The number of aromatic nitrogens is 2. The fraction of sp³-hybridized carbons (Fsp3) is 0.308. The predicted octanol–water partition coefficient (Wildman–Crippen LogP) is 4.06. The van der Waals surface area contributed by atoms with Crippen molar-refractivity contribution in [2.45, 2.75) is 25.2 Å². The minimum atomic E-state index is -0.406. The third-order valence-electron chi connectivity index (χ3n) is 2.73. The standard InChI is InChI=1S/C13H14BrN3O3/c1-9(2)16-8-12(7-15-16)20-11-3-4-13(17(18)19)10(5-11)6-14/h3-5,7-9H,6H2,1-2H3.